The van der Waals surface area contributed by atoms with Gasteiger partial charge in [-0.1, -0.05) is 36.1 Å². The zero-order valence-corrected chi connectivity index (χ0v) is 17.6. The maximum atomic E-state index is 14.1. The number of nitrogens with zero attached hydrogens (tertiary/aromatic N) is 1. The standard InChI is InChI=1S/C18H13FINO3S2/c1-23-14-8-10(7-12(20)16(14)24-2)9-15-17(22)21(18(25)26-15)13-6-4-3-5-11(13)19/h3-9H,1-2H3/b15-9-. The van der Waals surface area contributed by atoms with Crippen molar-refractivity contribution < 1.29 is 18.7 Å². The lowest BCUT2D eigenvalue weighted by Crippen LogP contribution is -2.28. The number of thioether (sulfide) groups is 1. The maximum absolute atomic E-state index is 14.1. The second-order valence-electron chi connectivity index (χ2n) is 5.21. The molecule has 0 spiro atoms. The van der Waals surface area contributed by atoms with Gasteiger partial charge in [-0.25, -0.2) is 4.39 Å². The minimum atomic E-state index is -0.495. The number of benzene rings is 2. The Morgan fingerprint density at radius 2 is 1.96 bits per heavy atom. The third-order valence-electron chi connectivity index (χ3n) is 3.64. The van der Waals surface area contributed by atoms with Crippen LogP contribution in [0.2, 0.25) is 0 Å². The Balaban J connectivity index is 1.99. The van der Waals surface area contributed by atoms with Crippen LogP contribution < -0.4 is 14.4 Å². The van der Waals surface area contributed by atoms with Crippen molar-refractivity contribution in [3.05, 3.63) is 56.3 Å². The number of hydrogen-bond donors (Lipinski definition) is 0. The van der Waals surface area contributed by atoms with Crippen molar-refractivity contribution in [1.82, 2.24) is 0 Å². The van der Waals surface area contributed by atoms with Crippen LogP contribution >= 0.6 is 46.6 Å². The van der Waals surface area contributed by atoms with E-state index in [1.807, 2.05) is 6.07 Å². The van der Waals surface area contributed by atoms with Crippen molar-refractivity contribution in [2.45, 2.75) is 0 Å². The monoisotopic (exact) mass is 501 g/mol. The molecule has 4 nitrogen and oxygen atoms in total. The van der Waals surface area contributed by atoms with Gasteiger partial charge in [0.25, 0.3) is 5.91 Å². The van der Waals surface area contributed by atoms with Crippen LogP contribution in [-0.2, 0) is 4.79 Å². The highest BCUT2D eigenvalue weighted by Crippen LogP contribution is 2.39. The van der Waals surface area contributed by atoms with Crippen LogP contribution in [0.5, 0.6) is 11.5 Å². The lowest BCUT2D eigenvalue weighted by atomic mass is 10.2. The molecule has 3 rings (SSSR count). The molecule has 0 aliphatic carbocycles. The molecule has 134 valence electrons. The minimum Gasteiger partial charge on any atom is -0.493 e. The predicted octanol–water partition coefficient (Wildman–Crippen LogP) is 4.85. The van der Waals surface area contributed by atoms with Crippen molar-refractivity contribution in [1.29, 1.82) is 0 Å². The number of thiocarbonyl (C=S) groups is 1. The number of anilines is 1. The smallest absolute Gasteiger partial charge is 0.270 e. The maximum Gasteiger partial charge on any atom is 0.270 e. The van der Waals surface area contributed by atoms with E-state index in [2.05, 4.69) is 22.6 Å². The van der Waals surface area contributed by atoms with E-state index in [1.54, 1.807) is 38.5 Å². The van der Waals surface area contributed by atoms with Gasteiger partial charge >= 0.3 is 0 Å². The Kier molecular flexibility index (Phi) is 5.83. The zero-order chi connectivity index (χ0) is 18.8. The molecular weight excluding hydrogens is 488 g/mol. The van der Waals surface area contributed by atoms with Crippen LogP contribution in [0.4, 0.5) is 10.1 Å². The van der Waals surface area contributed by atoms with E-state index in [0.29, 0.717) is 20.7 Å². The van der Waals surface area contributed by atoms with Crippen LogP contribution in [0, 0.1) is 9.39 Å². The number of amides is 1. The minimum absolute atomic E-state index is 0.153. The Labute approximate surface area is 173 Å². The van der Waals surface area contributed by atoms with Gasteiger partial charge in [-0.15, -0.1) is 0 Å². The van der Waals surface area contributed by atoms with E-state index in [1.165, 1.54) is 17.0 Å². The van der Waals surface area contributed by atoms with Gasteiger partial charge in [-0.05, 0) is 58.5 Å². The number of ether oxygens (including phenoxy) is 2. The first-order valence-corrected chi connectivity index (χ1v) is 9.70. The van der Waals surface area contributed by atoms with Gasteiger partial charge < -0.3 is 9.47 Å². The van der Waals surface area contributed by atoms with Gasteiger partial charge in [0, 0.05) is 0 Å². The van der Waals surface area contributed by atoms with Crippen LogP contribution in [0.25, 0.3) is 6.08 Å². The fourth-order valence-electron chi connectivity index (χ4n) is 2.48. The normalized spacial score (nSPS) is 15.7. The summed E-state index contributed by atoms with van der Waals surface area (Å²) < 4.78 is 25.9. The topological polar surface area (TPSA) is 38.8 Å². The van der Waals surface area contributed by atoms with E-state index in [-0.39, 0.29) is 11.6 Å². The lowest BCUT2D eigenvalue weighted by molar-refractivity contribution is -0.113. The summed E-state index contributed by atoms with van der Waals surface area (Å²) in [6.45, 7) is 0. The first kappa shape index (κ1) is 19.1. The van der Waals surface area contributed by atoms with E-state index < -0.39 is 5.82 Å². The molecule has 0 atom stereocenters. The third-order valence-corrected chi connectivity index (χ3v) is 5.74. The van der Waals surface area contributed by atoms with Gasteiger partial charge in [-0.2, -0.15) is 0 Å². The molecule has 0 saturated carbocycles. The molecule has 1 saturated heterocycles. The molecule has 1 heterocycles. The van der Waals surface area contributed by atoms with E-state index in [4.69, 9.17) is 21.7 Å². The van der Waals surface area contributed by atoms with E-state index in [0.717, 1.165) is 20.9 Å². The molecule has 1 aliphatic heterocycles. The SMILES string of the molecule is COc1cc(/C=C2\SC(=S)N(c3ccccc3F)C2=O)cc(I)c1OC. The summed E-state index contributed by atoms with van der Waals surface area (Å²) in [5.41, 5.74) is 0.918. The van der Waals surface area contributed by atoms with Crippen molar-refractivity contribution >= 4 is 68.6 Å². The summed E-state index contributed by atoms with van der Waals surface area (Å²) in [4.78, 5) is 14.4. The first-order valence-electron chi connectivity index (χ1n) is 7.40. The second kappa shape index (κ2) is 7.93. The van der Waals surface area contributed by atoms with Crippen LogP contribution in [0.15, 0.2) is 41.3 Å². The number of para-hydroxylation sites is 1. The summed E-state index contributed by atoms with van der Waals surface area (Å²) in [6.07, 6.45) is 1.71. The van der Waals surface area contributed by atoms with E-state index >= 15 is 0 Å². The molecule has 0 unspecified atom stereocenters. The summed E-state index contributed by atoms with van der Waals surface area (Å²) in [5, 5.41) is 0. The molecular formula is C18H13FINO3S2. The predicted molar refractivity (Wildman–Crippen MR) is 114 cm³/mol. The van der Waals surface area contributed by atoms with Gasteiger partial charge in [0.15, 0.2) is 15.8 Å². The summed E-state index contributed by atoms with van der Waals surface area (Å²) >= 11 is 8.55. The summed E-state index contributed by atoms with van der Waals surface area (Å²) in [5.74, 6) is 0.347. The highest BCUT2D eigenvalue weighted by atomic mass is 127. The molecule has 0 radical (unpaired) electrons. The molecule has 0 N–H and O–H groups in total. The number of halogens is 2. The van der Waals surface area contributed by atoms with E-state index in [9.17, 15) is 9.18 Å². The van der Waals surface area contributed by atoms with Gasteiger partial charge in [0.05, 0.1) is 28.4 Å². The molecule has 2 aromatic carbocycles. The summed E-state index contributed by atoms with van der Waals surface area (Å²) in [7, 11) is 3.12. The van der Waals surface area contributed by atoms with Crippen molar-refractivity contribution in [3.8, 4) is 11.5 Å². The Hall–Kier alpha value is -1.65. The molecule has 1 amide bonds. The number of hydrogen-bond acceptors (Lipinski definition) is 5. The number of rotatable bonds is 4. The summed E-state index contributed by atoms with van der Waals surface area (Å²) in [6, 6.07) is 9.71. The van der Waals surface area contributed by atoms with Gasteiger partial charge in [0.1, 0.15) is 5.82 Å². The Morgan fingerprint density at radius 3 is 2.62 bits per heavy atom. The fourth-order valence-corrected chi connectivity index (χ4v) is 4.61. The van der Waals surface area contributed by atoms with Crippen LogP contribution in [0.3, 0.4) is 0 Å². The second-order valence-corrected chi connectivity index (χ2v) is 8.04. The molecule has 0 aromatic heterocycles. The zero-order valence-electron chi connectivity index (χ0n) is 13.8. The molecule has 1 fully saturated rings. The van der Waals surface area contributed by atoms with Crippen LogP contribution in [-0.4, -0.2) is 24.4 Å². The van der Waals surface area contributed by atoms with Crippen LogP contribution in [0.1, 0.15) is 5.56 Å². The average Bonchev–Trinajstić information content (AvgIpc) is 2.88. The highest BCUT2D eigenvalue weighted by molar-refractivity contribution is 14.1. The molecule has 8 heteroatoms. The molecule has 1 aliphatic rings. The fraction of sp³-hybridized carbons (Fsp3) is 0.111. The molecule has 26 heavy (non-hydrogen) atoms. The largest absolute Gasteiger partial charge is 0.493 e. The third kappa shape index (κ3) is 3.58. The number of carbonyl (C=O) groups excluding carboxylic acids is 1. The molecule has 0 bridgehead atoms. The van der Waals surface area contributed by atoms with Gasteiger partial charge in [0.2, 0.25) is 0 Å². The quantitative estimate of drug-likeness (QED) is 0.340. The Bertz CT molecular complexity index is 933. The number of methoxy groups -OCH3 is 2. The van der Waals surface area contributed by atoms with Crippen molar-refractivity contribution in [2.24, 2.45) is 0 Å². The lowest BCUT2D eigenvalue weighted by Gasteiger charge is -2.15. The first-order chi connectivity index (χ1) is 12.5. The Morgan fingerprint density at radius 1 is 1.23 bits per heavy atom. The molecule has 2 aromatic rings. The van der Waals surface area contributed by atoms with Gasteiger partial charge in [-0.3, -0.25) is 9.69 Å². The highest BCUT2D eigenvalue weighted by Gasteiger charge is 2.34. The van der Waals surface area contributed by atoms with Crippen molar-refractivity contribution in [2.75, 3.05) is 19.1 Å². The average molecular weight is 501 g/mol. The van der Waals surface area contributed by atoms with Crippen molar-refractivity contribution in [3.63, 3.8) is 0 Å². The number of carbonyl (C=O) groups is 1.